The van der Waals surface area contributed by atoms with E-state index in [2.05, 4.69) is 20.8 Å². The highest BCUT2D eigenvalue weighted by molar-refractivity contribution is 5.97. The average Bonchev–Trinajstić information content (AvgIpc) is 3.29. The van der Waals surface area contributed by atoms with Crippen molar-refractivity contribution in [2.75, 3.05) is 18.5 Å². The number of fused-ring (bicyclic) bond motifs is 3. The molecule has 37 heavy (non-hydrogen) atoms. The van der Waals surface area contributed by atoms with Crippen LogP contribution < -0.4 is 10.6 Å². The van der Waals surface area contributed by atoms with E-state index in [1.54, 1.807) is 38.1 Å². The molecule has 0 bridgehead atoms. The molecule has 0 saturated heterocycles. The van der Waals surface area contributed by atoms with Crippen LogP contribution in [0.1, 0.15) is 42.9 Å². The van der Waals surface area contributed by atoms with Gasteiger partial charge >= 0.3 is 11.9 Å². The SMILES string of the molecule is CCOC(=O)CC[C@H](NC(=O)c1ccc(Nc2nc3ccccc3n3c(C)nnc23)cc1)C(=O)OCC. The second kappa shape index (κ2) is 11.5. The molecule has 0 aliphatic carbocycles. The number of carbonyl (C=O) groups is 3. The van der Waals surface area contributed by atoms with Crippen molar-refractivity contribution in [1.29, 1.82) is 0 Å². The van der Waals surface area contributed by atoms with Gasteiger partial charge in [0, 0.05) is 17.7 Å². The first-order valence-electron chi connectivity index (χ1n) is 12.0. The Balaban J connectivity index is 1.49. The van der Waals surface area contributed by atoms with Crippen LogP contribution in [0.5, 0.6) is 0 Å². The van der Waals surface area contributed by atoms with Crippen molar-refractivity contribution >= 4 is 46.0 Å². The summed E-state index contributed by atoms with van der Waals surface area (Å²) in [6.07, 6.45) is 0.0558. The average molecular weight is 505 g/mol. The number of hydrogen-bond acceptors (Lipinski definition) is 9. The van der Waals surface area contributed by atoms with Crippen molar-refractivity contribution in [2.24, 2.45) is 0 Å². The lowest BCUT2D eigenvalue weighted by Gasteiger charge is -2.17. The number of rotatable bonds is 10. The van der Waals surface area contributed by atoms with Crippen LogP contribution in [0.2, 0.25) is 0 Å². The van der Waals surface area contributed by atoms with Crippen molar-refractivity contribution in [1.82, 2.24) is 24.9 Å². The number of hydrogen-bond donors (Lipinski definition) is 2. The summed E-state index contributed by atoms with van der Waals surface area (Å²) in [7, 11) is 0. The van der Waals surface area contributed by atoms with Gasteiger partial charge in [0.1, 0.15) is 11.9 Å². The molecule has 0 unspecified atom stereocenters. The standard InChI is InChI=1S/C26H28N6O5/c1-4-36-22(33)15-14-20(26(35)37-5-2)29-25(34)17-10-12-18(13-11-17)27-23-24-31-30-16(3)32(24)21-9-7-6-8-19(21)28-23/h6-13,20H,4-5,14-15H2,1-3H3,(H,27,28)(H,29,34)/t20-/m0/s1. The fourth-order valence-electron chi connectivity index (χ4n) is 3.88. The van der Waals surface area contributed by atoms with E-state index in [4.69, 9.17) is 14.5 Å². The lowest BCUT2D eigenvalue weighted by molar-refractivity contribution is -0.146. The molecule has 2 aromatic carbocycles. The highest BCUT2D eigenvalue weighted by Crippen LogP contribution is 2.24. The summed E-state index contributed by atoms with van der Waals surface area (Å²) < 4.78 is 11.9. The van der Waals surface area contributed by atoms with Gasteiger partial charge in [-0.05, 0) is 63.6 Å². The molecule has 0 radical (unpaired) electrons. The van der Waals surface area contributed by atoms with Crippen LogP contribution in [0, 0.1) is 6.92 Å². The number of nitrogens with zero attached hydrogens (tertiary/aromatic N) is 4. The minimum atomic E-state index is -0.971. The van der Waals surface area contributed by atoms with Crippen molar-refractivity contribution < 1.29 is 23.9 Å². The molecule has 1 amide bonds. The maximum Gasteiger partial charge on any atom is 0.328 e. The second-order valence-electron chi connectivity index (χ2n) is 8.18. The Kier molecular flexibility index (Phi) is 7.92. The number of anilines is 2. The highest BCUT2D eigenvalue weighted by Gasteiger charge is 2.24. The first-order chi connectivity index (χ1) is 17.9. The van der Waals surface area contributed by atoms with E-state index in [9.17, 15) is 14.4 Å². The van der Waals surface area contributed by atoms with Crippen molar-refractivity contribution in [3.05, 3.63) is 59.9 Å². The summed E-state index contributed by atoms with van der Waals surface area (Å²) >= 11 is 0. The molecule has 0 aliphatic rings. The summed E-state index contributed by atoms with van der Waals surface area (Å²) in [5, 5.41) is 14.4. The molecule has 11 nitrogen and oxygen atoms in total. The Morgan fingerprint density at radius 3 is 2.43 bits per heavy atom. The van der Waals surface area contributed by atoms with E-state index in [-0.39, 0.29) is 26.1 Å². The topological polar surface area (TPSA) is 137 Å². The number of ether oxygens (including phenoxy) is 2. The number of esters is 2. The van der Waals surface area contributed by atoms with Gasteiger partial charge in [0.25, 0.3) is 5.91 Å². The van der Waals surface area contributed by atoms with Crippen molar-refractivity contribution in [3.63, 3.8) is 0 Å². The van der Waals surface area contributed by atoms with Gasteiger partial charge in [0.05, 0.1) is 24.2 Å². The Hall–Kier alpha value is -4.54. The zero-order valence-electron chi connectivity index (χ0n) is 20.9. The van der Waals surface area contributed by atoms with Crippen molar-refractivity contribution in [3.8, 4) is 0 Å². The number of aromatic nitrogens is 4. The van der Waals surface area contributed by atoms with Crippen LogP contribution in [0.25, 0.3) is 16.7 Å². The molecule has 0 saturated carbocycles. The molecule has 11 heteroatoms. The summed E-state index contributed by atoms with van der Waals surface area (Å²) in [4.78, 5) is 41.6. The maximum absolute atomic E-state index is 12.8. The summed E-state index contributed by atoms with van der Waals surface area (Å²) in [5.41, 5.74) is 3.29. The summed E-state index contributed by atoms with van der Waals surface area (Å²) in [5.74, 6) is -0.248. The van der Waals surface area contributed by atoms with E-state index >= 15 is 0 Å². The monoisotopic (exact) mass is 504 g/mol. The number of benzene rings is 2. The van der Waals surface area contributed by atoms with E-state index in [0.717, 1.165) is 16.9 Å². The van der Waals surface area contributed by atoms with Gasteiger partial charge in [-0.25, -0.2) is 9.78 Å². The number of carbonyl (C=O) groups excluding carboxylic acids is 3. The Morgan fingerprint density at radius 1 is 0.973 bits per heavy atom. The number of nitrogens with one attached hydrogen (secondary N) is 2. The first-order valence-corrected chi connectivity index (χ1v) is 12.0. The zero-order chi connectivity index (χ0) is 26.4. The minimum Gasteiger partial charge on any atom is -0.466 e. The Labute approximate surface area is 213 Å². The van der Waals surface area contributed by atoms with Crippen LogP contribution in [0.15, 0.2) is 48.5 Å². The fraction of sp³-hybridized carbons (Fsp3) is 0.308. The van der Waals surface area contributed by atoms with Gasteiger partial charge in [0.15, 0.2) is 5.82 Å². The van der Waals surface area contributed by atoms with E-state index in [1.807, 2.05) is 35.6 Å². The van der Waals surface area contributed by atoms with Crippen LogP contribution in [0.3, 0.4) is 0 Å². The fourth-order valence-corrected chi connectivity index (χ4v) is 3.88. The summed E-state index contributed by atoms with van der Waals surface area (Å²) in [6, 6.07) is 13.4. The number of aryl methyl sites for hydroxylation is 1. The molecule has 0 aliphatic heterocycles. The lowest BCUT2D eigenvalue weighted by Crippen LogP contribution is -2.42. The van der Waals surface area contributed by atoms with Crippen LogP contribution in [-0.2, 0) is 19.1 Å². The second-order valence-corrected chi connectivity index (χ2v) is 8.18. The molecule has 1 atom stereocenters. The van der Waals surface area contributed by atoms with Gasteiger partial charge in [-0.1, -0.05) is 12.1 Å². The quantitative estimate of drug-likeness (QED) is 0.312. The van der Waals surface area contributed by atoms with Gasteiger partial charge in [-0.15, -0.1) is 10.2 Å². The number of para-hydroxylation sites is 2. The van der Waals surface area contributed by atoms with Crippen LogP contribution >= 0.6 is 0 Å². The molecular weight excluding hydrogens is 476 g/mol. The molecular formula is C26H28N6O5. The Bertz CT molecular complexity index is 1430. The minimum absolute atomic E-state index is 0.0181. The van der Waals surface area contributed by atoms with Gasteiger partial charge < -0.3 is 20.1 Å². The molecule has 0 fully saturated rings. The predicted octanol–water partition coefficient (Wildman–Crippen LogP) is 3.33. The molecule has 4 rings (SSSR count). The zero-order valence-corrected chi connectivity index (χ0v) is 20.9. The third kappa shape index (κ3) is 5.83. The first kappa shape index (κ1) is 25.5. The molecule has 4 aromatic rings. The van der Waals surface area contributed by atoms with Gasteiger partial charge in [-0.2, -0.15) is 0 Å². The normalized spacial score (nSPS) is 11.8. The third-order valence-electron chi connectivity index (χ3n) is 5.62. The van der Waals surface area contributed by atoms with E-state index < -0.39 is 23.9 Å². The lowest BCUT2D eigenvalue weighted by atomic mass is 10.1. The maximum atomic E-state index is 12.8. The molecule has 192 valence electrons. The van der Waals surface area contributed by atoms with Crippen LogP contribution in [0.4, 0.5) is 11.5 Å². The summed E-state index contributed by atoms with van der Waals surface area (Å²) in [6.45, 7) is 5.65. The van der Waals surface area contributed by atoms with Gasteiger partial charge in [-0.3, -0.25) is 14.0 Å². The van der Waals surface area contributed by atoms with Gasteiger partial charge in [0.2, 0.25) is 5.65 Å². The number of amides is 1. The largest absolute Gasteiger partial charge is 0.466 e. The third-order valence-corrected chi connectivity index (χ3v) is 5.62. The molecule has 2 heterocycles. The highest BCUT2D eigenvalue weighted by atomic mass is 16.5. The van der Waals surface area contributed by atoms with E-state index in [1.165, 1.54) is 0 Å². The van der Waals surface area contributed by atoms with Crippen molar-refractivity contribution in [2.45, 2.75) is 39.7 Å². The Morgan fingerprint density at radius 2 is 1.70 bits per heavy atom. The predicted molar refractivity (Wildman–Crippen MR) is 137 cm³/mol. The van der Waals surface area contributed by atoms with Crippen LogP contribution in [-0.4, -0.2) is 56.7 Å². The molecule has 0 spiro atoms. The van der Waals surface area contributed by atoms with E-state index in [0.29, 0.717) is 22.7 Å². The molecule has 2 aromatic heterocycles. The molecule has 2 N–H and O–H groups in total. The smallest absolute Gasteiger partial charge is 0.328 e.